The number of alkyl halides is 3. The number of pyridine rings is 1. The van der Waals surface area contributed by atoms with Gasteiger partial charge in [-0.05, 0) is 30.3 Å². The van der Waals surface area contributed by atoms with Crippen molar-refractivity contribution in [2.24, 2.45) is 0 Å². The van der Waals surface area contributed by atoms with Crippen molar-refractivity contribution in [2.45, 2.75) is 18.9 Å². The number of imidazole rings is 1. The Balaban J connectivity index is 1.86. The molecule has 2 aromatic heterocycles. The number of nitrogens with zero attached hydrogens (tertiary/aromatic N) is 2. The van der Waals surface area contributed by atoms with Crippen molar-refractivity contribution in [3.8, 4) is 0 Å². The number of hydrogen-bond acceptors (Lipinski definition) is 3. The average Bonchev–Trinajstić information content (AvgIpc) is 2.77. The Bertz CT molecular complexity index is 639. The van der Waals surface area contributed by atoms with E-state index in [0.717, 1.165) is 11.2 Å². The number of carbonyl (C=O) groups is 1. The molecule has 2 rings (SSSR count). The highest BCUT2D eigenvalue weighted by Gasteiger charge is 2.27. The molecule has 2 aromatic rings. The number of rotatable bonds is 5. The summed E-state index contributed by atoms with van der Waals surface area (Å²) in [6.45, 7) is 1.90. The van der Waals surface area contributed by atoms with Crippen LogP contribution in [0.15, 0.2) is 24.5 Å². The number of nitrogens with one attached hydrogen (secondary N) is 1. The van der Waals surface area contributed by atoms with Gasteiger partial charge in [0.1, 0.15) is 5.65 Å². The first-order chi connectivity index (χ1) is 9.85. The molecule has 0 atom stereocenters. The monoisotopic (exact) mass is 317 g/mol. The van der Waals surface area contributed by atoms with Crippen LogP contribution in [0.25, 0.3) is 5.65 Å². The first-order valence-corrected chi connectivity index (χ1v) is 7.24. The molecule has 0 aliphatic carbocycles. The van der Waals surface area contributed by atoms with E-state index in [1.807, 2.05) is 29.7 Å². The van der Waals surface area contributed by atoms with Gasteiger partial charge in [0.15, 0.2) is 0 Å². The maximum Gasteiger partial charge on any atom is 0.441 e. The number of aryl methyl sites for hydroxylation is 1. The largest absolute Gasteiger partial charge is 0.441 e. The molecule has 0 fully saturated rings. The van der Waals surface area contributed by atoms with Crippen LogP contribution in [0.3, 0.4) is 0 Å². The Kier molecular flexibility index (Phi) is 4.76. The van der Waals surface area contributed by atoms with Gasteiger partial charge in [0, 0.05) is 24.7 Å². The van der Waals surface area contributed by atoms with E-state index in [1.54, 1.807) is 6.20 Å². The molecular weight excluding hydrogens is 303 g/mol. The SMILES string of the molecule is Cc1cccn2cc(CC(=O)NCCSC(F)(F)F)nc12. The third-order valence-electron chi connectivity index (χ3n) is 2.76. The summed E-state index contributed by atoms with van der Waals surface area (Å²) in [5.74, 6) is -0.529. The summed E-state index contributed by atoms with van der Waals surface area (Å²) in [5.41, 5.74) is -1.91. The number of thioether (sulfide) groups is 1. The van der Waals surface area contributed by atoms with Crippen molar-refractivity contribution in [1.82, 2.24) is 14.7 Å². The maximum absolute atomic E-state index is 11.9. The molecule has 8 heteroatoms. The Morgan fingerprint density at radius 3 is 2.90 bits per heavy atom. The fraction of sp³-hybridized carbons (Fsp3) is 0.385. The maximum atomic E-state index is 11.9. The zero-order valence-corrected chi connectivity index (χ0v) is 12.1. The second kappa shape index (κ2) is 6.38. The van der Waals surface area contributed by atoms with Gasteiger partial charge in [-0.3, -0.25) is 4.79 Å². The van der Waals surface area contributed by atoms with Crippen molar-refractivity contribution in [2.75, 3.05) is 12.3 Å². The molecule has 114 valence electrons. The van der Waals surface area contributed by atoms with Crippen LogP contribution in [0.5, 0.6) is 0 Å². The number of halogens is 3. The molecule has 0 aromatic carbocycles. The highest BCUT2D eigenvalue weighted by atomic mass is 32.2. The van der Waals surface area contributed by atoms with E-state index in [0.29, 0.717) is 5.69 Å². The van der Waals surface area contributed by atoms with Crippen LogP contribution < -0.4 is 5.32 Å². The predicted molar refractivity (Wildman–Crippen MR) is 75.2 cm³/mol. The molecule has 0 unspecified atom stereocenters. The molecule has 0 aliphatic rings. The molecule has 0 saturated heterocycles. The van der Waals surface area contributed by atoms with Crippen LogP contribution in [0.4, 0.5) is 13.2 Å². The van der Waals surface area contributed by atoms with Crippen LogP contribution in [0.1, 0.15) is 11.3 Å². The Labute approximate surface area is 123 Å². The van der Waals surface area contributed by atoms with Gasteiger partial charge in [0.05, 0.1) is 12.1 Å². The van der Waals surface area contributed by atoms with Crippen LogP contribution in [-0.4, -0.2) is 33.1 Å². The quantitative estimate of drug-likeness (QED) is 0.862. The van der Waals surface area contributed by atoms with Crippen LogP contribution in [0, 0.1) is 6.92 Å². The molecule has 0 aliphatic heterocycles. The van der Waals surface area contributed by atoms with Gasteiger partial charge in [-0.25, -0.2) is 4.98 Å². The molecule has 0 radical (unpaired) electrons. The standard InChI is InChI=1S/C13H14F3N3OS/c1-9-3-2-5-19-8-10(18-12(9)19)7-11(20)17-4-6-21-13(14,15)16/h2-3,5,8H,4,6-7H2,1H3,(H,17,20). The highest BCUT2D eigenvalue weighted by Crippen LogP contribution is 2.29. The van der Waals surface area contributed by atoms with E-state index in [9.17, 15) is 18.0 Å². The molecule has 1 N–H and O–H groups in total. The normalized spacial score (nSPS) is 11.8. The van der Waals surface area contributed by atoms with Gasteiger partial charge in [0.2, 0.25) is 5.91 Å². The fourth-order valence-electron chi connectivity index (χ4n) is 1.87. The summed E-state index contributed by atoms with van der Waals surface area (Å²) in [6, 6.07) is 3.79. The van der Waals surface area contributed by atoms with Crippen molar-refractivity contribution < 1.29 is 18.0 Å². The topological polar surface area (TPSA) is 46.4 Å². The van der Waals surface area contributed by atoms with Gasteiger partial charge in [0.25, 0.3) is 0 Å². The van der Waals surface area contributed by atoms with Gasteiger partial charge in [-0.2, -0.15) is 13.2 Å². The zero-order valence-electron chi connectivity index (χ0n) is 11.3. The number of fused-ring (bicyclic) bond motifs is 1. The second-order valence-electron chi connectivity index (χ2n) is 4.48. The molecule has 0 bridgehead atoms. The van der Waals surface area contributed by atoms with Crippen molar-refractivity contribution >= 4 is 23.3 Å². The van der Waals surface area contributed by atoms with E-state index in [2.05, 4.69) is 10.3 Å². The Hall–Kier alpha value is -1.70. The second-order valence-corrected chi connectivity index (χ2v) is 5.64. The highest BCUT2D eigenvalue weighted by molar-refractivity contribution is 8.00. The van der Waals surface area contributed by atoms with Crippen LogP contribution in [-0.2, 0) is 11.2 Å². The third kappa shape index (κ3) is 4.66. The summed E-state index contributed by atoms with van der Waals surface area (Å²) in [5, 5.41) is 2.45. The van der Waals surface area contributed by atoms with Crippen LogP contribution in [0.2, 0.25) is 0 Å². The first kappa shape index (κ1) is 15.7. The summed E-state index contributed by atoms with van der Waals surface area (Å²) in [6.07, 6.45) is 3.63. The lowest BCUT2D eigenvalue weighted by Crippen LogP contribution is -2.28. The van der Waals surface area contributed by atoms with Crippen LogP contribution >= 0.6 is 11.8 Å². The van der Waals surface area contributed by atoms with Crippen molar-refractivity contribution in [3.63, 3.8) is 0 Å². The lowest BCUT2D eigenvalue weighted by Gasteiger charge is -2.06. The zero-order chi connectivity index (χ0) is 15.5. The summed E-state index contributed by atoms with van der Waals surface area (Å²) in [7, 11) is 0. The minimum atomic E-state index is -4.26. The first-order valence-electron chi connectivity index (χ1n) is 6.26. The van der Waals surface area contributed by atoms with Gasteiger partial charge in [-0.15, -0.1) is 0 Å². The molecular formula is C13H14F3N3OS. The van der Waals surface area contributed by atoms with E-state index < -0.39 is 5.51 Å². The predicted octanol–water partition coefficient (Wildman–Crippen LogP) is 2.55. The molecule has 4 nitrogen and oxygen atoms in total. The molecule has 2 heterocycles. The molecule has 0 saturated carbocycles. The average molecular weight is 317 g/mol. The number of amides is 1. The summed E-state index contributed by atoms with van der Waals surface area (Å²) >= 11 is -0.147. The lowest BCUT2D eigenvalue weighted by molar-refractivity contribution is -0.120. The van der Waals surface area contributed by atoms with Crippen molar-refractivity contribution in [1.29, 1.82) is 0 Å². The van der Waals surface area contributed by atoms with E-state index in [-0.39, 0.29) is 36.4 Å². The number of carbonyl (C=O) groups excluding carboxylic acids is 1. The van der Waals surface area contributed by atoms with Crippen molar-refractivity contribution in [3.05, 3.63) is 35.8 Å². The van der Waals surface area contributed by atoms with Gasteiger partial charge < -0.3 is 9.72 Å². The lowest BCUT2D eigenvalue weighted by atomic mass is 10.3. The number of hydrogen-bond donors (Lipinski definition) is 1. The van der Waals surface area contributed by atoms with Gasteiger partial charge >= 0.3 is 5.51 Å². The Morgan fingerprint density at radius 2 is 2.24 bits per heavy atom. The fourth-order valence-corrected chi connectivity index (χ4v) is 2.31. The van der Waals surface area contributed by atoms with Gasteiger partial charge in [-0.1, -0.05) is 6.07 Å². The summed E-state index contributed by atoms with van der Waals surface area (Å²) < 4.78 is 37.6. The minimum absolute atomic E-state index is 0.0184. The molecule has 1 amide bonds. The van der Waals surface area contributed by atoms with E-state index in [4.69, 9.17) is 0 Å². The molecule has 0 spiro atoms. The van der Waals surface area contributed by atoms with E-state index >= 15 is 0 Å². The smallest absolute Gasteiger partial charge is 0.355 e. The summed E-state index contributed by atoms with van der Waals surface area (Å²) in [4.78, 5) is 16.0. The molecule has 21 heavy (non-hydrogen) atoms. The Morgan fingerprint density at radius 1 is 1.48 bits per heavy atom. The van der Waals surface area contributed by atoms with E-state index in [1.165, 1.54) is 0 Å². The number of aromatic nitrogens is 2. The third-order valence-corrected chi connectivity index (χ3v) is 3.49. The minimum Gasteiger partial charge on any atom is -0.355 e.